The number of thioether (sulfide) groups is 1. The van der Waals surface area contributed by atoms with Crippen molar-refractivity contribution < 1.29 is 9.90 Å². The van der Waals surface area contributed by atoms with Gasteiger partial charge in [-0.05, 0) is 18.4 Å². The summed E-state index contributed by atoms with van der Waals surface area (Å²) in [5, 5.41) is 12.0. The number of nitrogens with one attached hydrogen (secondary N) is 1. The van der Waals surface area contributed by atoms with Gasteiger partial charge in [-0.3, -0.25) is 4.79 Å². The Bertz CT molecular complexity index is 325. The summed E-state index contributed by atoms with van der Waals surface area (Å²) in [4.78, 5) is 11.9. The van der Waals surface area contributed by atoms with E-state index >= 15 is 0 Å². The molecule has 13 heavy (non-hydrogen) atoms. The third kappa shape index (κ3) is 1.95. The van der Waals surface area contributed by atoms with Crippen molar-refractivity contribution in [1.82, 2.24) is 5.32 Å². The molecule has 3 nitrogen and oxygen atoms in total. The number of carbonyl (C=O) groups is 1. The van der Waals surface area contributed by atoms with E-state index < -0.39 is 0 Å². The highest BCUT2D eigenvalue weighted by Crippen LogP contribution is 2.29. The number of hydrogen-bond donors (Lipinski definition) is 2. The molecule has 1 aromatic rings. The monoisotopic (exact) mass is 197 g/mol. The molecule has 0 fully saturated rings. The van der Waals surface area contributed by atoms with Crippen molar-refractivity contribution in [3.8, 4) is 5.75 Å². The first-order chi connectivity index (χ1) is 6.20. The van der Waals surface area contributed by atoms with Crippen LogP contribution in [0.5, 0.6) is 5.75 Å². The van der Waals surface area contributed by atoms with E-state index in [1.165, 1.54) is 11.8 Å². The average Bonchev–Trinajstić information content (AvgIpc) is 2.16. The van der Waals surface area contributed by atoms with Crippen molar-refractivity contribution in [2.45, 2.75) is 4.90 Å². The van der Waals surface area contributed by atoms with Crippen molar-refractivity contribution >= 4 is 17.7 Å². The van der Waals surface area contributed by atoms with E-state index in [1.807, 2.05) is 6.26 Å². The number of hydrogen-bond acceptors (Lipinski definition) is 3. The summed E-state index contributed by atoms with van der Waals surface area (Å²) in [5.74, 6) is -0.0335. The lowest BCUT2D eigenvalue weighted by molar-refractivity contribution is 0.0959. The van der Waals surface area contributed by atoms with Crippen molar-refractivity contribution in [2.75, 3.05) is 13.3 Å². The average molecular weight is 197 g/mol. The van der Waals surface area contributed by atoms with Crippen LogP contribution in [0.4, 0.5) is 0 Å². The Morgan fingerprint density at radius 3 is 2.77 bits per heavy atom. The third-order valence-electron chi connectivity index (χ3n) is 1.67. The van der Waals surface area contributed by atoms with Crippen LogP contribution < -0.4 is 5.32 Å². The molecular formula is C9H11NO2S. The minimum Gasteiger partial charge on any atom is -0.507 e. The number of phenols is 1. The Kier molecular flexibility index (Phi) is 3.19. The number of phenolic OH excluding ortho intramolecular Hbond substituents is 1. The van der Waals surface area contributed by atoms with Crippen LogP contribution in [0.2, 0.25) is 0 Å². The van der Waals surface area contributed by atoms with Gasteiger partial charge >= 0.3 is 0 Å². The summed E-state index contributed by atoms with van der Waals surface area (Å²) >= 11 is 1.35. The topological polar surface area (TPSA) is 49.3 Å². The molecule has 0 aliphatic rings. The van der Waals surface area contributed by atoms with Gasteiger partial charge < -0.3 is 10.4 Å². The zero-order valence-corrected chi connectivity index (χ0v) is 8.31. The fraction of sp³-hybridized carbons (Fsp3) is 0.222. The van der Waals surface area contributed by atoms with Gasteiger partial charge in [0.2, 0.25) is 0 Å². The Hall–Kier alpha value is -1.16. The first-order valence-corrected chi connectivity index (χ1v) is 5.01. The van der Waals surface area contributed by atoms with Gasteiger partial charge in [-0.1, -0.05) is 6.07 Å². The third-order valence-corrected chi connectivity index (χ3v) is 2.51. The molecule has 2 N–H and O–H groups in total. The van der Waals surface area contributed by atoms with Crippen LogP contribution >= 0.6 is 11.8 Å². The minimum atomic E-state index is -0.180. The van der Waals surface area contributed by atoms with Crippen LogP contribution in [0.15, 0.2) is 23.1 Å². The molecule has 0 saturated heterocycles. The standard InChI is InChI=1S/C9H11NO2S/c1-10-9(12)6-4-3-5-7(11)8(6)13-2/h3-5,11H,1-2H3,(H,10,12). The van der Waals surface area contributed by atoms with Crippen molar-refractivity contribution in [3.05, 3.63) is 23.8 Å². The molecule has 4 heteroatoms. The smallest absolute Gasteiger partial charge is 0.252 e. The van der Waals surface area contributed by atoms with E-state index in [9.17, 15) is 9.90 Å². The summed E-state index contributed by atoms with van der Waals surface area (Å²) in [6.45, 7) is 0. The molecule has 70 valence electrons. The normalized spacial score (nSPS) is 9.69. The molecule has 0 aliphatic heterocycles. The van der Waals surface area contributed by atoms with Crippen LogP contribution in [-0.4, -0.2) is 24.3 Å². The van der Waals surface area contributed by atoms with E-state index in [0.29, 0.717) is 10.5 Å². The van der Waals surface area contributed by atoms with Crippen molar-refractivity contribution in [2.24, 2.45) is 0 Å². The highest BCUT2D eigenvalue weighted by atomic mass is 32.2. The maximum Gasteiger partial charge on any atom is 0.252 e. The second kappa shape index (κ2) is 4.18. The molecule has 0 spiro atoms. The van der Waals surface area contributed by atoms with E-state index in [4.69, 9.17) is 0 Å². The molecule has 1 aromatic carbocycles. The van der Waals surface area contributed by atoms with Crippen LogP contribution in [0, 0.1) is 0 Å². The zero-order chi connectivity index (χ0) is 9.84. The highest BCUT2D eigenvalue weighted by Gasteiger charge is 2.11. The number of carbonyl (C=O) groups excluding carboxylic acids is 1. The first kappa shape index (κ1) is 9.92. The molecule has 1 rings (SSSR count). The Labute approximate surface area is 81.2 Å². The van der Waals surface area contributed by atoms with Crippen LogP contribution in [0.25, 0.3) is 0 Å². The Morgan fingerprint density at radius 1 is 1.54 bits per heavy atom. The zero-order valence-electron chi connectivity index (χ0n) is 7.50. The van der Waals surface area contributed by atoms with E-state index in [2.05, 4.69) is 5.32 Å². The summed E-state index contributed by atoms with van der Waals surface area (Å²) in [6, 6.07) is 4.91. The SMILES string of the molecule is CNC(=O)c1cccc(O)c1SC. The molecule has 0 aromatic heterocycles. The lowest BCUT2D eigenvalue weighted by atomic mass is 10.2. The second-order valence-electron chi connectivity index (χ2n) is 2.44. The highest BCUT2D eigenvalue weighted by molar-refractivity contribution is 7.98. The van der Waals surface area contributed by atoms with E-state index in [1.54, 1.807) is 25.2 Å². The Morgan fingerprint density at radius 2 is 2.23 bits per heavy atom. The maximum absolute atomic E-state index is 11.3. The molecule has 0 heterocycles. The van der Waals surface area contributed by atoms with Crippen LogP contribution in [0.1, 0.15) is 10.4 Å². The quantitative estimate of drug-likeness (QED) is 0.706. The molecule has 0 atom stereocenters. The van der Waals surface area contributed by atoms with Gasteiger partial charge in [-0.15, -0.1) is 11.8 Å². The molecule has 0 saturated carbocycles. The van der Waals surface area contributed by atoms with Gasteiger partial charge in [-0.2, -0.15) is 0 Å². The largest absolute Gasteiger partial charge is 0.507 e. The Balaban J connectivity index is 3.20. The van der Waals surface area contributed by atoms with Gasteiger partial charge in [0.25, 0.3) is 5.91 Å². The maximum atomic E-state index is 11.3. The van der Waals surface area contributed by atoms with E-state index in [0.717, 1.165) is 0 Å². The van der Waals surface area contributed by atoms with Crippen LogP contribution in [0.3, 0.4) is 0 Å². The van der Waals surface area contributed by atoms with Gasteiger partial charge in [0, 0.05) is 7.05 Å². The van der Waals surface area contributed by atoms with E-state index in [-0.39, 0.29) is 11.7 Å². The molecule has 1 amide bonds. The summed E-state index contributed by atoms with van der Waals surface area (Å²) in [6.07, 6.45) is 1.82. The summed E-state index contributed by atoms with van der Waals surface area (Å²) < 4.78 is 0. The molecule has 0 radical (unpaired) electrons. The molecule has 0 unspecified atom stereocenters. The van der Waals surface area contributed by atoms with Crippen molar-refractivity contribution in [3.63, 3.8) is 0 Å². The van der Waals surface area contributed by atoms with Gasteiger partial charge in [0.15, 0.2) is 0 Å². The van der Waals surface area contributed by atoms with Crippen molar-refractivity contribution in [1.29, 1.82) is 0 Å². The van der Waals surface area contributed by atoms with Gasteiger partial charge in [0.05, 0.1) is 10.5 Å². The molecule has 0 bridgehead atoms. The van der Waals surface area contributed by atoms with Gasteiger partial charge in [-0.25, -0.2) is 0 Å². The minimum absolute atomic E-state index is 0.147. The lowest BCUT2D eigenvalue weighted by Crippen LogP contribution is -2.18. The number of benzene rings is 1. The fourth-order valence-corrected chi connectivity index (χ4v) is 1.71. The molecule has 0 aliphatic carbocycles. The lowest BCUT2D eigenvalue weighted by Gasteiger charge is -2.06. The first-order valence-electron chi connectivity index (χ1n) is 3.78. The van der Waals surface area contributed by atoms with Crippen LogP contribution in [-0.2, 0) is 0 Å². The fourth-order valence-electron chi connectivity index (χ4n) is 1.05. The number of rotatable bonds is 2. The predicted molar refractivity (Wildman–Crippen MR) is 53.3 cm³/mol. The summed E-state index contributed by atoms with van der Waals surface area (Å²) in [5.41, 5.74) is 0.509. The van der Waals surface area contributed by atoms with Gasteiger partial charge in [0.1, 0.15) is 5.75 Å². The number of aromatic hydroxyl groups is 1. The number of amides is 1. The summed E-state index contributed by atoms with van der Waals surface area (Å²) in [7, 11) is 1.57. The molecular weight excluding hydrogens is 186 g/mol. The predicted octanol–water partition coefficient (Wildman–Crippen LogP) is 1.47. The second-order valence-corrected chi connectivity index (χ2v) is 3.25.